The zero-order valence-electron chi connectivity index (χ0n) is 24.0. The molecule has 0 heterocycles. The van der Waals surface area contributed by atoms with Crippen molar-refractivity contribution in [1.82, 2.24) is 0 Å². The van der Waals surface area contributed by atoms with Crippen LogP contribution in [0.25, 0.3) is 11.1 Å². The predicted octanol–water partition coefficient (Wildman–Crippen LogP) is 10.7. The summed E-state index contributed by atoms with van der Waals surface area (Å²) in [6.45, 7) is 3.16. The van der Waals surface area contributed by atoms with Gasteiger partial charge in [-0.15, -0.1) is 0 Å². The summed E-state index contributed by atoms with van der Waals surface area (Å²) in [5.74, 6) is 2.27. The van der Waals surface area contributed by atoms with E-state index in [4.69, 9.17) is 4.74 Å². The third-order valence-electron chi connectivity index (χ3n) is 9.55. The molecule has 2 aromatic rings. The fourth-order valence-electron chi connectivity index (χ4n) is 7.09. The van der Waals surface area contributed by atoms with Crippen molar-refractivity contribution in [3.8, 4) is 11.1 Å². The van der Waals surface area contributed by atoms with Gasteiger partial charge in [0.25, 0.3) is 0 Å². The third-order valence-corrected chi connectivity index (χ3v) is 9.55. The molecule has 0 atom stereocenters. The van der Waals surface area contributed by atoms with Crippen molar-refractivity contribution < 1.29 is 13.5 Å². The molecule has 2 aliphatic carbocycles. The average Bonchev–Trinajstić information content (AvgIpc) is 2.93. The lowest BCUT2D eigenvalue weighted by molar-refractivity contribution is 0.117. The number of aryl methyl sites for hydroxylation is 1. The first kappa shape index (κ1) is 29.2. The fraction of sp³-hybridized carbons (Fsp3) is 0.657. The second-order valence-electron chi connectivity index (χ2n) is 12.4. The number of hydrogen-bond acceptors (Lipinski definition) is 1. The highest BCUT2D eigenvalue weighted by molar-refractivity contribution is 5.65. The summed E-state index contributed by atoms with van der Waals surface area (Å²) in [6, 6.07) is 10.9. The minimum atomic E-state index is -0.307. The molecule has 0 saturated heterocycles. The third kappa shape index (κ3) is 8.38. The van der Waals surface area contributed by atoms with Gasteiger partial charge in [-0.25, -0.2) is 8.78 Å². The number of ether oxygens (including phenoxy) is 1. The maximum absolute atomic E-state index is 15.2. The van der Waals surface area contributed by atoms with Crippen molar-refractivity contribution in [3.63, 3.8) is 0 Å². The Kier molecular flexibility index (Phi) is 11.7. The minimum absolute atomic E-state index is 0.292. The van der Waals surface area contributed by atoms with Gasteiger partial charge < -0.3 is 4.74 Å². The van der Waals surface area contributed by atoms with Crippen LogP contribution in [0.1, 0.15) is 120 Å². The Morgan fingerprint density at radius 2 is 1.26 bits per heavy atom. The molecule has 0 amide bonds. The number of methoxy groups -OCH3 is 1. The normalized spacial score (nSPS) is 24.0. The van der Waals surface area contributed by atoms with Gasteiger partial charge in [0, 0.05) is 24.8 Å². The van der Waals surface area contributed by atoms with E-state index in [0.29, 0.717) is 17.0 Å². The Bertz CT molecular complexity index is 970. The lowest BCUT2D eigenvalue weighted by Crippen LogP contribution is -2.18. The summed E-state index contributed by atoms with van der Waals surface area (Å²) in [5, 5.41) is 0. The number of rotatable bonds is 13. The molecule has 38 heavy (non-hydrogen) atoms. The van der Waals surface area contributed by atoms with Crippen LogP contribution in [0, 0.1) is 29.4 Å². The lowest BCUT2D eigenvalue weighted by atomic mass is 9.77. The zero-order valence-corrected chi connectivity index (χ0v) is 24.0. The molecule has 0 spiro atoms. The number of hydrogen-bond donors (Lipinski definition) is 0. The molecular weight excluding hydrogens is 474 g/mol. The molecular formula is C35H50F2O. The summed E-state index contributed by atoms with van der Waals surface area (Å²) < 4.78 is 35.5. The maximum Gasteiger partial charge on any atom is 0.131 e. The van der Waals surface area contributed by atoms with Gasteiger partial charge in [-0.1, -0.05) is 82.6 Å². The van der Waals surface area contributed by atoms with Crippen molar-refractivity contribution in [2.45, 2.75) is 116 Å². The quantitative estimate of drug-likeness (QED) is 0.237. The molecule has 2 aliphatic rings. The monoisotopic (exact) mass is 524 g/mol. The molecule has 0 radical (unpaired) electrons. The highest BCUT2D eigenvalue weighted by Crippen LogP contribution is 2.39. The van der Waals surface area contributed by atoms with Gasteiger partial charge in [0.1, 0.15) is 11.6 Å². The van der Waals surface area contributed by atoms with Gasteiger partial charge in [0.05, 0.1) is 0 Å². The van der Waals surface area contributed by atoms with E-state index in [1.165, 1.54) is 77.0 Å². The molecule has 2 aromatic carbocycles. The minimum Gasteiger partial charge on any atom is -0.384 e. The Labute approximate surface area is 230 Å². The van der Waals surface area contributed by atoms with E-state index < -0.39 is 0 Å². The maximum atomic E-state index is 15.2. The Balaban J connectivity index is 1.24. The van der Waals surface area contributed by atoms with Crippen LogP contribution in [-0.4, -0.2) is 13.7 Å². The molecule has 0 unspecified atom stereocenters. The van der Waals surface area contributed by atoms with Gasteiger partial charge in [0.2, 0.25) is 0 Å². The molecule has 0 aliphatic heterocycles. The molecule has 4 rings (SSSR count). The van der Waals surface area contributed by atoms with Crippen molar-refractivity contribution in [1.29, 1.82) is 0 Å². The molecule has 210 valence electrons. The van der Waals surface area contributed by atoms with Gasteiger partial charge in [-0.2, -0.15) is 0 Å². The van der Waals surface area contributed by atoms with E-state index in [-0.39, 0.29) is 11.6 Å². The smallest absolute Gasteiger partial charge is 0.131 e. The zero-order chi connectivity index (χ0) is 26.7. The van der Waals surface area contributed by atoms with E-state index in [0.717, 1.165) is 61.2 Å². The van der Waals surface area contributed by atoms with Crippen molar-refractivity contribution >= 4 is 0 Å². The van der Waals surface area contributed by atoms with E-state index in [2.05, 4.69) is 6.92 Å². The summed E-state index contributed by atoms with van der Waals surface area (Å²) in [5.41, 5.74) is 2.87. The van der Waals surface area contributed by atoms with Crippen LogP contribution in [0.3, 0.4) is 0 Å². The molecule has 3 heteroatoms. The van der Waals surface area contributed by atoms with Gasteiger partial charge in [0.15, 0.2) is 0 Å². The van der Waals surface area contributed by atoms with Crippen LogP contribution in [0.5, 0.6) is 0 Å². The lowest BCUT2D eigenvalue weighted by Gasteiger charge is -2.29. The van der Waals surface area contributed by atoms with E-state index in [9.17, 15) is 0 Å². The van der Waals surface area contributed by atoms with E-state index >= 15 is 8.78 Å². The van der Waals surface area contributed by atoms with Crippen LogP contribution in [0.2, 0.25) is 0 Å². The SMILES string of the molecule is CCCCCC1CCC(c2ccc(-c3ccc(CCCCC4CCC(COC)CC4)cc3F)c(F)c2)CC1. The van der Waals surface area contributed by atoms with Gasteiger partial charge in [-0.05, 0) is 98.3 Å². The fourth-order valence-corrected chi connectivity index (χ4v) is 7.09. The summed E-state index contributed by atoms with van der Waals surface area (Å²) in [4.78, 5) is 0. The molecule has 0 bridgehead atoms. The molecule has 0 aromatic heterocycles. The van der Waals surface area contributed by atoms with Crippen LogP contribution in [-0.2, 0) is 11.2 Å². The van der Waals surface area contributed by atoms with Crippen molar-refractivity contribution in [3.05, 3.63) is 59.2 Å². The predicted molar refractivity (Wildman–Crippen MR) is 156 cm³/mol. The Morgan fingerprint density at radius 1 is 0.684 bits per heavy atom. The van der Waals surface area contributed by atoms with Gasteiger partial charge >= 0.3 is 0 Å². The number of halogens is 2. The first-order chi connectivity index (χ1) is 18.6. The average molecular weight is 525 g/mol. The number of benzene rings is 2. The molecule has 1 nitrogen and oxygen atoms in total. The summed E-state index contributed by atoms with van der Waals surface area (Å²) >= 11 is 0. The van der Waals surface area contributed by atoms with Crippen molar-refractivity contribution in [2.24, 2.45) is 17.8 Å². The van der Waals surface area contributed by atoms with Crippen LogP contribution in [0.4, 0.5) is 8.78 Å². The Hall–Kier alpha value is -1.74. The molecule has 2 saturated carbocycles. The largest absolute Gasteiger partial charge is 0.384 e. The molecule has 0 N–H and O–H groups in total. The van der Waals surface area contributed by atoms with Crippen LogP contribution in [0.15, 0.2) is 36.4 Å². The second-order valence-corrected chi connectivity index (χ2v) is 12.4. The topological polar surface area (TPSA) is 9.23 Å². The standard InChI is InChI=1S/C35H50F2O/c1-3-4-5-8-27-15-18-30(19-16-27)31-20-22-33(35(37)24-31)32-21-17-28(23-34(32)36)10-7-6-9-26-11-13-29(14-12-26)25-38-2/h17,20-24,26-27,29-30H,3-16,18-19,25H2,1-2H3. The first-order valence-corrected chi connectivity index (χ1v) is 15.6. The van der Waals surface area contributed by atoms with E-state index in [1.807, 2.05) is 12.1 Å². The summed E-state index contributed by atoms with van der Waals surface area (Å²) in [7, 11) is 1.80. The molecule has 2 fully saturated rings. The second kappa shape index (κ2) is 15.2. The Morgan fingerprint density at radius 3 is 1.87 bits per heavy atom. The first-order valence-electron chi connectivity index (χ1n) is 15.6. The van der Waals surface area contributed by atoms with Crippen LogP contribution >= 0.6 is 0 Å². The summed E-state index contributed by atoms with van der Waals surface area (Å²) in [6.07, 6.45) is 19.8. The van der Waals surface area contributed by atoms with Crippen LogP contribution < -0.4 is 0 Å². The highest BCUT2D eigenvalue weighted by atomic mass is 19.1. The van der Waals surface area contributed by atoms with E-state index in [1.54, 1.807) is 31.4 Å². The van der Waals surface area contributed by atoms with Gasteiger partial charge in [-0.3, -0.25) is 0 Å². The highest BCUT2D eigenvalue weighted by Gasteiger charge is 2.24. The van der Waals surface area contributed by atoms with Crippen molar-refractivity contribution in [2.75, 3.05) is 13.7 Å². The number of unbranched alkanes of at least 4 members (excludes halogenated alkanes) is 3.